The number of halogens is 1. The lowest BCUT2D eigenvalue weighted by atomic mass is 10.1. The predicted octanol–water partition coefficient (Wildman–Crippen LogP) is 4.01. The summed E-state index contributed by atoms with van der Waals surface area (Å²) in [6.07, 6.45) is 1.59. The van der Waals surface area contributed by atoms with E-state index in [4.69, 9.17) is 11.6 Å². The number of methoxy groups -OCH3 is 1. The van der Waals surface area contributed by atoms with Crippen LogP contribution in [0.2, 0.25) is 5.02 Å². The third-order valence-electron chi connectivity index (χ3n) is 2.36. The second kappa shape index (κ2) is 6.36. The molecule has 1 aromatic carbocycles. The van der Waals surface area contributed by atoms with Crippen molar-refractivity contribution < 1.29 is 9.53 Å². The number of benzene rings is 1. The topological polar surface area (TPSA) is 39.2 Å². The Morgan fingerprint density at radius 1 is 1.28 bits per heavy atom. The summed E-state index contributed by atoms with van der Waals surface area (Å²) >= 11 is 5.86. The van der Waals surface area contributed by atoms with Gasteiger partial charge in [-0.25, -0.2) is 4.79 Å². The molecule has 0 bridgehead atoms. The average Bonchev–Trinajstić information content (AvgIpc) is 2.39. The summed E-state index contributed by atoms with van der Waals surface area (Å²) in [5, 5.41) is 1.39. The van der Waals surface area contributed by atoms with E-state index in [2.05, 4.69) is 9.72 Å². The highest BCUT2D eigenvalue weighted by molar-refractivity contribution is 6.31. The van der Waals surface area contributed by atoms with Crippen molar-refractivity contribution in [1.82, 2.24) is 4.98 Å². The van der Waals surface area contributed by atoms with Crippen LogP contribution in [0.4, 0.5) is 0 Å². The number of carbonyl (C=O) groups excluding carboxylic acids is 1. The van der Waals surface area contributed by atoms with Gasteiger partial charge in [-0.1, -0.05) is 25.4 Å². The summed E-state index contributed by atoms with van der Waals surface area (Å²) in [7, 11) is 1.36. The number of pyridine rings is 1. The van der Waals surface area contributed by atoms with E-state index in [1.54, 1.807) is 24.4 Å². The number of hydrogen-bond donors (Lipinski definition) is 0. The molecule has 0 aliphatic heterocycles. The molecule has 18 heavy (non-hydrogen) atoms. The molecule has 0 saturated carbocycles. The van der Waals surface area contributed by atoms with Gasteiger partial charge in [-0.15, -0.1) is 0 Å². The van der Waals surface area contributed by atoms with Gasteiger partial charge < -0.3 is 4.74 Å². The SMILES string of the molecule is CC.COC(=O)c1cc(C)c2ncc(Cl)cc2c1. The molecule has 2 rings (SSSR count). The third kappa shape index (κ3) is 2.99. The Balaban J connectivity index is 0.000000771. The Morgan fingerprint density at radius 2 is 1.94 bits per heavy atom. The average molecular weight is 266 g/mol. The van der Waals surface area contributed by atoms with Gasteiger partial charge in [0.25, 0.3) is 0 Å². The zero-order chi connectivity index (χ0) is 13.7. The zero-order valence-electron chi connectivity index (χ0n) is 11.0. The highest BCUT2D eigenvalue weighted by Crippen LogP contribution is 2.22. The first kappa shape index (κ1) is 14.5. The fourth-order valence-electron chi connectivity index (χ4n) is 1.64. The molecular formula is C14H16ClNO2. The van der Waals surface area contributed by atoms with Crippen LogP contribution < -0.4 is 0 Å². The summed E-state index contributed by atoms with van der Waals surface area (Å²) in [4.78, 5) is 15.6. The fraction of sp³-hybridized carbons (Fsp3) is 0.286. The van der Waals surface area contributed by atoms with E-state index in [0.29, 0.717) is 10.6 Å². The van der Waals surface area contributed by atoms with Crippen LogP contribution in [-0.4, -0.2) is 18.1 Å². The van der Waals surface area contributed by atoms with E-state index in [0.717, 1.165) is 16.5 Å². The quantitative estimate of drug-likeness (QED) is 0.732. The monoisotopic (exact) mass is 265 g/mol. The maximum atomic E-state index is 11.4. The largest absolute Gasteiger partial charge is 0.465 e. The number of ether oxygens (including phenoxy) is 1. The van der Waals surface area contributed by atoms with Gasteiger partial charge in [0.2, 0.25) is 0 Å². The number of rotatable bonds is 1. The lowest BCUT2D eigenvalue weighted by Crippen LogP contribution is -2.01. The summed E-state index contributed by atoms with van der Waals surface area (Å²) in [5.41, 5.74) is 2.28. The molecule has 3 nitrogen and oxygen atoms in total. The van der Waals surface area contributed by atoms with Crippen LogP contribution in [0.5, 0.6) is 0 Å². The van der Waals surface area contributed by atoms with E-state index >= 15 is 0 Å². The first-order valence-electron chi connectivity index (χ1n) is 5.76. The number of aryl methyl sites for hydroxylation is 1. The van der Waals surface area contributed by atoms with E-state index < -0.39 is 0 Å². The number of carbonyl (C=O) groups is 1. The Hall–Kier alpha value is -1.61. The van der Waals surface area contributed by atoms with Gasteiger partial charge in [-0.2, -0.15) is 0 Å². The first-order chi connectivity index (χ1) is 8.61. The van der Waals surface area contributed by atoms with Crippen molar-refractivity contribution in [1.29, 1.82) is 0 Å². The minimum Gasteiger partial charge on any atom is -0.465 e. The van der Waals surface area contributed by atoms with E-state index in [1.165, 1.54) is 7.11 Å². The van der Waals surface area contributed by atoms with Crippen molar-refractivity contribution in [2.45, 2.75) is 20.8 Å². The van der Waals surface area contributed by atoms with Gasteiger partial charge in [0.15, 0.2) is 0 Å². The Morgan fingerprint density at radius 3 is 2.56 bits per heavy atom. The molecule has 2 aromatic rings. The molecule has 0 fully saturated rings. The second-order valence-electron chi connectivity index (χ2n) is 3.51. The second-order valence-corrected chi connectivity index (χ2v) is 3.95. The molecule has 0 radical (unpaired) electrons. The Labute approximate surface area is 112 Å². The van der Waals surface area contributed by atoms with Crippen molar-refractivity contribution in [3.63, 3.8) is 0 Å². The van der Waals surface area contributed by atoms with Crippen molar-refractivity contribution in [3.8, 4) is 0 Å². The van der Waals surface area contributed by atoms with Crippen LogP contribution in [0.1, 0.15) is 29.8 Å². The zero-order valence-corrected chi connectivity index (χ0v) is 11.7. The molecule has 0 atom stereocenters. The summed E-state index contributed by atoms with van der Waals surface area (Å²) < 4.78 is 4.68. The Bertz CT molecular complexity index is 567. The summed E-state index contributed by atoms with van der Waals surface area (Å²) in [6.45, 7) is 5.90. The molecule has 1 heterocycles. The molecule has 0 saturated heterocycles. The lowest BCUT2D eigenvalue weighted by Gasteiger charge is -2.05. The van der Waals surface area contributed by atoms with Crippen LogP contribution in [0.15, 0.2) is 24.4 Å². The maximum absolute atomic E-state index is 11.4. The van der Waals surface area contributed by atoms with Crippen LogP contribution >= 0.6 is 11.6 Å². The minimum atomic E-state index is -0.357. The lowest BCUT2D eigenvalue weighted by molar-refractivity contribution is 0.0601. The molecule has 0 spiro atoms. The van der Waals surface area contributed by atoms with Crippen LogP contribution in [0.3, 0.4) is 0 Å². The number of fused-ring (bicyclic) bond motifs is 1. The van der Waals surface area contributed by atoms with Gasteiger partial charge in [-0.05, 0) is 30.7 Å². The van der Waals surface area contributed by atoms with Gasteiger partial charge in [-0.3, -0.25) is 4.98 Å². The normalized spacial score (nSPS) is 9.61. The summed E-state index contributed by atoms with van der Waals surface area (Å²) in [5.74, 6) is -0.357. The maximum Gasteiger partial charge on any atom is 0.337 e. The van der Waals surface area contributed by atoms with Crippen molar-refractivity contribution in [3.05, 3.63) is 40.5 Å². The number of hydrogen-bond acceptors (Lipinski definition) is 3. The van der Waals surface area contributed by atoms with Crippen LogP contribution in [0.25, 0.3) is 10.9 Å². The molecule has 0 unspecified atom stereocenters. The van der Waals surface area contributed by atoms with E-state index in [9.17, 15) is 4.79 Å². The standard InChI is InChI=1S/C12H10ClNO2.C2H6/c1-7-3-9(12(15)16-2)4-8-5-10(13)6-14-11(7)8;1-2/h3-6H,1-2H3;1-2H3. The smallest absolute Gasteiger partial charge is 0.337 e. The Kier molecular flexibility index (Phi) is 5.10. The number of esters is 1. The van der Waals surface area contributed by atoms with Crippen molar-refractivity contribution in [2.24, 2.45) is 0 Å². The van der Waals surface area contributed by atoms with Crippen molar-refractivity contribution in [2.75, 3.05) is 7.11 Å². The molecule has 96 valence electrons. The van der Waals surface area contributed by atoms with Gasteiger partial charge >= 0.3 is 5.97 Å². The molecule has 0 aliphatic rings. The molecule has 4 heteroatoms. The first-order valence-corrected chi connectivity index (χ1v) is 6.14. The molecule has 0 N–H and O–H groups in total. The van der Waals surface area contributed by atoms with Gasteiger partial charge in [0.05, 0.1) is 23.2 Å². The van der Waals surface area contributed by atoms with E-state index in [-0.39, 0.29) is 5.97 Å². The highest BCUT2D eigenvalue weighted by Gasteiger charge is 2.09. The minimum absolute atomic E-state index is 0.357. The number of nitrogens with zero attached hydrogens (tertiary/aromatic N) is 1. The summed E-state index contributed by atoms with van der Waals surface area (Å²) in [6, 6.07) is 5.27. The molecule has 0 amide bonds. The third-order valence-corrected chi connectivity index (χ3v) is 2.57. The van der Waals surface area contributed by atoms with Gasteiger partial charge in [0, 0.05) is 11.6 Å². The van der Waals surface area contributed by atoms with Crippen molar-refractivity contribution >= 4 is 28.5 Å². The van der Waals surface area contributed by atoms with Crippen LogP contribution in [0, 0.1) is 6.92 Å². The van der Waals surface area contributed by atoms with Gasteiger partial charge in [0.1, 0.15) is 0 Å². The number of aromatic nitrogens is 1. The predicted molar refractivity (Wildman–Crippen MR) is 74.2 cm³/mol. The van der Waals surface area contributed by atoms with Crippen LogP contribution in [-0.2, 0) is 4.74 Å². The highest BCUT2D eigenvalue weighted by atomic mass is 35.5. The molecular weight excluding hydrogens is 250 g/mol. The molecule has 0 aliphatic carbocycles. The molecule has 1 aromatic heterocycles. The van der Waals surface area contributed by atoms with E-state index in [1.807, 2.05) is 20.8 Å². The fourth-order valence-corrected chi connectivity index (χ4v) is 1.81.